The van der Waals surface area contributed by atoms with E-state index in [0.717, 1.165) is 40.4 Å². The number of benzene rings is 1. The SMILES string of the molecule is CC1CCC(CCNCC2CCC(Nc3nc(N(C)C)c4ccccc4n3)CC2)CC1. The predicted molar refractivity (Wildman–Crippen MR) is 132 cm³/mol. The van der Waals surface area contributed by atoms with E-state index in [-0.39, 0.29) is 0 Å². The monoisotopic (exact) mass is 423 g/mol. The summed E-state index contributed by atoms with van der Waals surface area (Å²) in [6.45, 7) is 4.80. The topological polar surface area (TPSA) is 53.1 Å². The molecule has 2 saturated carbocycles. The molecule has 5 nitrogen and oxygen atoms in total. The van der Waals surface area contributed by atoms with Gasteiger partial charge < -0.3 is 15.5 Å². The Morgan fingerprint density at radius 1 is 0.903 bits per heavy atom. The quantitative estimate of drug-likeness (QED) is 0.551. The van der Waals surface area contributed by atoms with Gasteiger partial charge in [-0.25, -0.2) is 4.98 Å². The maximum absolute atomic E-state index is 4.81. The fraction of sp³-hybridized carbons (Fsp3) is 0.692. The van der Waals surface area contributed by atoms with E-state index in [1.807, 2.05) is 20.2 Å². The zero-order chi connectivity index (χ0) is 21.6. The lowest BCUT2D eigenvalue weighted by Crippen LogP contribution is -2.32. The van der Waals surface area contributed by atoms with Crippen molar-refractivity contribution in [3.05, 3.63) is 24.3 Å². The van der Waals surface area contributed by atoms with Gasteiger partial charge in [-0.05, 0) is 75.1 Å². The molecule has 0 bridgehead atoms. The van der Waals surface area contributed by atoms with E-state index in [2.05, 4.69) is 40.7 Å². The van der Waals surface area contributed by atoms with Crippen molar-refractivity contribution in [3.63, 3.8) is 0 Å². The molecule has 0 radical (unpaired) electrons. The van der Waals surface area contributed by atoms with Crippen LogP contribution in [-0.4, -0.2) is 43.2 Å². The van der Waals surface area contributed by atoms with Crippen LogP contribution in [0.3, 0.4) is 0 Å². The summed E-state index contributed by atoms with van der Waals surface area (Å²) in [4.78, 5) is 11.7. The molecule has 0 aliphatic heterocycles. The van der Waals surface area contributed by atoms with Crippen molar-refractivity contribution >= 4 is 22.7 Å². The molecule has 2 aliphatic carbocycles. The molecule has 5 heteroatoms. The number of para-hydroxylation sites is 1. The summed E-state index contributed by atoms with van der Waals surface area (Å²) in [6, 6.07) is 8.76. The smallest absolute Gasteiger partial charge is 0.225 e. The highest BCUT2D eigenvalue weighted by atomic mass is 15.2. The Morgan fingerprint density at radius 3 is 2.35 bits per heavy atom. The van der Waals surface area contributed by atoms with Crippen molar-refractivity contribution in [2.24, 2.45) is 17.8 Å². The van der Waals surface area contributed by atoms with Crippen LogP contribution < -0.4 is 15.5 Å². The van der Waals surface area contributed by atoms with Crippen molar-refractivity contribution in [2.75, 3.05) is 37.4 Å². The molecule has 2 aromatic rings. The second-order valence-electron chi connectivity index (χ2n) is 10.3. The Bertz CT molecular complexity index is 820. The number of nitrogens with one attached hydrogen (secondary N) is 2. The number of aromatic nitrogens is 2. The first-order valence-corrected chi connectivity index (χ1v) is 12.5. The normalized spacial score (nSPS) is 26.7. The maximum atomic E-state index is 4.81. The minimum atomic E-state index is 0.483. The van der Waals surface area contributed by atoms with Gasteiger partial charge >= 0.3 is 0 Å². The zero-order valence-corrected chi connectivity index (χ0v) is 19.7. The molecule has 2 aliphatic rings. The van der Waals surface area contributed by atoms with Crippen LogP contribution in [0.15, 0.2) is 24.3 Å². The Labute approximate surface area is 188 Å². The van der Waals surface area contributed by atoms with Crippen LogP contribution in [0, 0.1) is 17.8 Å². The second kappa shape index (κ2) is 10.6. The average molecular weight is 424 g/mol. The minimum absolute atomic E-state index is 0.483. The lowest BCUT2D eigenvalue weighted by molar-refractivity contribution is 0.269. The largest absolute Gasteiger partial charge is 0.362 e. The molecule has 0 unspecified atom stereocenters. The Hall–Kier alpha value is -1.88. The van der Waals surface area contributed by atoms with E-state index < -0.39 is 0 Å². The van der Waals surface area contributed by atoms with Crippen LogP contribution in [0.25, 0.3) is 10.9 Å². The van der Waals surface area contributed by atoms with E-state index >= 15 is 0 Å². The van der Waals surface area contributed by atoms with E-state index in [1.54, 1.807) is 0 Å². The van der Waals surface area contributed by atoms with Crippen LogP contribution >= 0.6 is 0 Å². The van der Waals surface area contributed by atoms with Crippen LogP contribution in [0.1, 0.15) is 64.7 Å². The molecule has 0 atom stereocenters. The van der Waals surface area contributed by atoms with Gasteiger partial charge in [-0.1, -0.05) is 44.7 Å². The second-order valence-corrected chi connectivity index (χ2v) is 10.3. The van der Waals surface area contributed by atoms with Crippen molar-refractivity contribution < 1.29 is 0 Å². The molecule has 0 saturated heterocycles. The van der Waals surface area contributed by atoms with Gasteiger partial charge in [0.25, 0.3) is 0 Å². The van der Waals surface area contributed by atoms with Crippen molar-refractivity contribution in [1.29, 1.82) is 0 Å². The fourth-order valence-corrected chi connectivity index (χ4v) is 5.39. The van der Waals surface area contributed by atoms with Gasteiger partial charge in [0.15, 0.2) is 0 Å². The van der Waals surface area contributed by atoms with Gasteiger partial charge in [-0.15, -0.1) is 0 Å². The molecule has 1 aromatic carbocycles. The fourth-order valence-electron chi connectivity index (χ4n) is 5.39. The standard InChI is InChI=1S/C26H41N5/c1-19-8-10-20(11-9-19)16-17-27-18-21-12-14-22(15-13-21)28-26-29-24-7-5-4-6-23(24)25(30-26)31(2)3/h4-7,19-22,27H,8-18H2,1-3H3,(H,28,29,30). The van der Waals surface area contributed by atoms with Gasteiger partial charge in [0.2, 0.25) is 5.95 Å². The van der Waals surface area contributed by atoms with Crippen LogP contribution in [-0.2, 0) is 0 Å². The highest BCUT2D eigenvalue weighted by Crippen LogP contribution is 2.30. The number of nitrogens with zero attached hydrogens (tertiary/aromatic N) is 3. The Morgan fingerprint density at radius 2 is 1.61 bits per heavy atom. The van der Waals surface area contributed by atoms with E-state index in [0.29, 0.717) is 6.04 Å². The predicted octanol–water partition coefficient (Wildman–Crippen LogP) is 5.47. The maximum Gasteiger partial charge on any atom is 0.225 e. The van der Waals surface area contributed by atoms with Crippen molar-refractivity contribution in [1.82, 2.24) is 15.3 Å². The Balaban J connectivity index is 1.21. The van der Waals surface area contributed by atoms with E-state index in [1.165, 1.54) is 70.9 Å². The molecule has 2 N–H and O–H groups in total. The number of hydrogen-bond acceptors (Lipinski definition) is 5. The van der Waals surface area contributed by atoms with E-state index in [9.17, 15) is 0 Å². The van der Waals surface area contributed by atoms with Gasteiger partial charge in [-0.3, -0.25) is 0 Å². The lowest BCUT2D eigenvalue weighted by atomic mass is 9.81. The first kappa shape index (κ1) is 22.3. The highest BCUT2D eigenvalue weighted by Gasteiger charge is 2.22. The molecular formula is C26H41N5. The van der Waals surface area contributed by atoms with Crippen LogP contribution in [0.5, 0.6) is 0 Å². The zero-order valence-electron chi connectivity index (χ0n) is 19.7. The van der Waals surface area contributed by atoms with Crippen molar-refractivity contribution in [2.45, 2.75) is 70.8 Å². The molecule has 1 aromatic heterocycles. The van der Waals surface area contributed by atoms with E-state index in [4.69, 9.17) is 9.97 Å². The number of fused-ring (bicyclic) bond motifs is 1. The van der Waals surface area contributed by atoms with Crippen LogP contribution in [0.2, 0.25) is 0 Å². The minimum Gasteiger partial charge on any atom is -0.362 e. The van der Waals surface area contributed by atoms with Gasteiger partial charge in [-0.2, -0.15) is 4.98 Å². The van der Waals surface area contributed by atoms with Gasteiger partial charge in [0.05, 0.1) is 5.52 Å². The number of anilines is 2. The lowest BCUT2D eigenvalue weighted by Gasteiger charge is -2.30. The van der Waals surface area contributed by atoms with Gasteiger partial charge in [0.1, 0.15) is 5.82 Å². The molecular weight excluding hydrogens is 382 g/mol. The third kappa shape index (κ3) is 6.09. The molecule has 4 rings (SSSR count). The number of hydrogen-bond donors (Lipinski definition) is 2. The summed E-state index contributed by atoms with van der Waals surface area (Å²) in [5, 5.41) is 8.51. The highest BCUT2D eigenvalue weighted by molar-refractivity contribution is 5.90. The molecule has 1 heterocycles. The summed E-state index contributed by atoms with van der Waals surface area (Å²) in [5.41, 5.74) is 1.01. The summed E-state index contributed by atoms with van der Waals surface area (Å²) >= 11 is 0. The number of rotatable bonds is 8. The molecule has 170 valence electrons. The summed E-state index contributed by atoms with van der Waals surface area (Å²) in [7, 11) is 4.09. The molecule has 2 fully saturated rings. The average Bonchev–Trinajstić information content (AvgIpc) is 2.78. The van der Waals surface area contributed by atoms with Gasteiger partial charge in [0, 0.05) is 25.5 Å². The third-order valence-electron chi connectivity index (χ3n) is 7.48. The van der Waals surface area contributed by atoms with Crippen molar-refractivity contribution in [3.8, 4) is 0 Å². The first-order chi connectivity index (χ1) is 15.1. The molecule has 0 spiro atoms. The molecule has 0 amide bonds. The molecule has 31 heavy (non-hydrogen) atoms. The summed E-state index contributed by atoms with van der Waals surface area (Å²) in [6.07, 6.45) is 12.2. The summed E-state index contributed by atoms with van der Waals surface area (Å²) < 4.78 is 0. The first-order valence-electron chi connectivity index (χ1n) is 12.5. The summed E-state index contributed by atoms with van der Waals surface area (Å²) in [5.74, 6) is 4.50. The third-order valence-corrected chi connectivity index (χ3v) is 7.48. The Kier molecular flexibility index (Phi) is 7.65. The van der Waals surface area contributed by atoms with Crippen LogP contribution in [0.4, 0.5) is 11.8 Å².